The van der Waals surface area contributed by atoms with Gasteiger partial charge in [-0.1, -0.05) is 12.1 Å². The summed E-state index contributed by atoms with van der Waals surface area (Å²) in [5.74, 6) is -0.682. The van der Waals surface area contributed by atoms with Crippen molar-refractivity contribution in [1.29, 1.82) is 0 Å². The first-order chi connectivity index (χ1) is 11.1. The van der Waals surface area contributed by atoms with Crippen LogP contribution in [0.1, 0.15) is 30.5 Å². The maximum Gasteiger partial charge on any atom is 0.242 e. The van der Waals surface area contributed by atoms with Crippen molar-refractivity contribution in [2.45, 2.75) is 38.6 Å². The molecule has 1 aliphatic rings. The summed E-state index contributed by atoms with van der Waals surface area (Å²) < 4.78 is 13.8. The first-order valence-corrected chi connectivity index (χ1v) is 7.89. The number of rotatable bonds is 3. The van der Waals surface area contributed by atoms with Gasteiger partial charge in [0.15, 0.2) is 0 Å². The van der Waals surface area contributed by atoms with E-state index in [2.05, 4.69) is 15.6 Å². The first-order valence-electron chi connectivity index (χ1n) is 7.89. The minimum absolute atomic E-state index is 0.124. The van der Waals surface area contributed by atoms with Gasteiger partial charge in [-0.2, -0.15) is 0 Å². The average molecular weight is 317 g/mol. The second-order valence-corrected chi connectivity index (χ2v) is 5.97. The topological polar surface area (TPSA) is 74.0 Å². The van der Waals surface area contributed by atoms with Crippen molar-refractivity contribution in [2.75, 3.05) is 6.54 Å². The van der Waals surface area contributed by atoms with E-state index in [1.54, 1.807) is 12.1 Å². The zero-order chi connectivity index (χ0) is 16.4. The number of aromatic amines is 1. The van der Waals surface area contributed by atoms with E-state index in [0.29, 0.717) is 23.9 Å². The number of carbonyl (C=O) groups excluding carboxylic acids is 2. The molecule has 0 radical (unpaired) electrons. The second kappa shape index (κ2) is 6.40. The number of hydrogen-bond donors (Lipinski definition) is 3. The van der Waals surface area contributed by atoms with E-state index < -0.39 is 6.04 Å². The van der Waals surface area contributed by atoms with E-state index in [0.717, 1.165) is 24.1 Å². The highest BCUT2D eigenvalue weighted by Gasteiger charge is 2.23. The van der Waals surface area contributed by atoms with E-state index in [4.69, 9.17) is 0 Å². The number of para-hydroxylation sites is 1. The molecule has 23 heavy (non-hydrogen) atoms. The van der Waals surface area contributed by atoms with Crippen LogP contribution in [0.15, 0.2) is 18.2 Å². The largest absolute Gasteiger partial charge is 0.356 e. The summed E-state index contributed by atoms with van der Waals surface area (Å²) in [5, 5.41) is 6.30. The zero-order valence-corrected chi connectivity index (χ0v) is 13.0. The highest BCUT2D eigenvalue weighted by atomic mass is 19.1. The second-order valence-electron chi connectivity index (χ2n) is 5.97. The van der Waals surface area contributed by atoms with Gasteiger partial charge in [0.2, 0.25) is 11.8 Å². The minimum atomic E-state index is -0.479. The summed E-state index contributed by atoms with van der Waals surface area (Å²) in [6.45, 7) is 2.48. The minimum Gasteiger partial charge on any atom is -0.356 e. The number of hydrogen-bond acceptors (Lipinski definition) is 2. The van der Waals surface area contributed by atoms with Gasteiger partial charge in [-0.3, -0.25) is 9.59 Å². The monoisotopic (exact) mass is 317 g/mol. The predicted molar refractivity (Wildman–Crippen MR) is 85.5 cm³/mol. The Hall–Kier alpha value is -2.37. The SMILES string of the molecule is Cc1[nH]c2c(F)cccc2c1CC(=O)N[C@H]1CCCCNC1=O. The Morgan fingerprint density at radius 1 is 1.39 bits per heavy atom. The molecule has 1 aliphatic heterocycles. The van der Waals surface area contributed by atoms with Gasteiger partial charge in [0, 0.05) is 17.6 Å². The first kappa shape index (κ1) is 15.5. The number of H-pyrrole nitrogens is 1. The zero-order valence-electron chi connectivity index (χ0n) is 13.0. The molecule has 1 atom stereocenters. The molecule has 5 nitrogen and oxygen atoms in total. The van der Waals surface area contributed by atoms with Gasteiger partial charge in [0.05, 0.1) is 11.9 Å². The molecule has 1 fully saturated rings. The molecule has 122 valence electrons. The van der Waals surface area contributed by atoms with Crippen molar-refractivity contribution in [3.63, 3.8) is 0 Å². The summed E-state index contributed by atoms with van der Waals surface area (Å²) >= 11 is 0. The quantitative estimate of drug-likeness (QED) is 0.809. The summed E-state index contributed by atoms with van der Waals surface area (Å²) in [7, 11) is 0. The van der Waals surface area contributed by atoms with Gasteiger partial charge in [-0.25, -0.2) is 4.39 Å². The van der Waals surface area contributed by atoms with Crippen molar-refractivity contribution in [3.8, 4) is 0 Å². The highest BCUT2D eigenvalue weighted by Crippen LogP contribution is 2.24. The number of aromatic nitrogens is 1. The van der Waals surface area contributed by atoms with Crippen LogP contribution in [0.25, 0.3) is 10.9 Å². The number of nitrogens with one attached hydrogen (secondary N) is 3. The maximum absolute atomic E-state index is 13.8. The fourth-order valence-corrected chi connectivity index (χ4v) is 3.08. The van der Waals surface area contributed by atoms with Crippen molar-refractivity contribution in [3.05, 3.63) is 35.3 Å². The molecule has 3 N–H and O–H groups in total. The molecule has 0 bridgehead atoms. The Morgan fingerprint density at radius 2 is 2.22 bits per heavy atom. The molecule has 0 spiro atoms. The fourth-order valence-electron chi connectivity index (χ4n) is 3.08. The van der Waals surface area contributed by atoms with Crippen LogP contribution in [0.5, 0.6) is 0 Å². The molecule has 0 saturated carbocycles. The van der Waals surface area contributed by atoms with Crippen LogP contribution in [0.2, 0.25) is 0 Å². The molecule has 6 heteroatoms. The Balaban J connectivity index is 1.76. The Kier molecular flexibility index (Phi) is 4.32. The van der Waals surface area contributed by atoms with Crippen LogP contribution in [-0.2, 0) is 16.0 Å². The number of amides is 2. The van der Waals surface area contributed by atoms with Gasteiger partial charge in [0.25, 0.3) is 0 Å². The van der Waals surface area contributed by atoms with Gasteiger partial charge in [0.1, 0.15) is 11.9 Å². The third kappa shape index (κ3) is 3.21. The van der Waals surface area contributed by atoms with E-state index in [-0.39, 0.29) is 24.1 Å². The lowest BCUT2D eigenvalue weighted by Gasteiger charge is -2.15. The average Bonchev–Trinajstić information content (AvgIpc) is 2.69. The number of halogens is 1. The van der Waals surface area contributed by atoms with Crippen LogP contribution in [0.4, 0.5) is 4.39 Å². The molecule has 3 rings (SSSR count). The summed E-state index contributed by atoms with van der Waals surface area (Å²) in [6, 6.07) is 4.33. The lowest BCUT2D eigenvalue weighted by Crippen LogP contribution is -2.46. The molecule has 0 unspecified atom stereocenters. The molecule has 2 heterocycles. The highest BCUT2D eigenvalue weighted by molar-refractivity contribution is 5.92. The van der Waals surface area contributed by atoms with Crippen LogP contribution >= 0.6 is 0 Å². The molecule has 2 aromatic rings. The number of fused-ring (bicyclic) bond motifs is 1. The summed E-state index contributed by atoms with van der Waals surface area (Å²) in [4.78, 5) is 27.2. The lowest BCUT2D eigenvalue weighted by atomic mass is 10.1. The van der Waals surface area contributed by atoms with E-state index in [1.807, 2.05) is 6.92 Å². The number of aryl methyl sites for hydroxylation is 1. The standard InChI is InChI=1S/C17H20FN3O2/c1-10-12(11-5-4-6-13(18)16(11)20-10)9-15(22)21-14-7-2-3-8-19-17(14)23/h4-6,14,20H,2-3,7-9H2,1H3,(H,19,23)(H,21,22)/t14-/m0/s1. The van der Waals surface area contributed by atoms with Crippen molar-refractivity contribution in [1.82, 2.24) is 15.6 Å². The number of carbonyl (C=O) groups is 2. The molecule has 1 aromatic heterocycles. The third-order valence-corrected chi connectivity index (χ3v) is 4.31. The summed E-state index contributed by atoms with van der Waals surface area (Å²) in [5.41, 5.74) is 1.96. The predicted octanol–water partition coefficient (Wildman–Crippen LogP) is 1.94. The summed E-state index contributed by atoms with van der Waals surface area (Å²) in [6.07, 6.45) is 2.61. The molecule has 1 aromatic carbocycles. The van der Waals surface area contributed by atoms with Crippen molar-refractivity contribution >= 4 is 22.7 Å². The van der Waals surface area contributed by atoms with Crippen molar-refractivity contribution < 1.29 is 14.0 Å². The number of benzene rings is 1. The molecular formula is C17H20FN3O2. The van der Waals surface area contributed by atoms with Gasteiger partial charge in [-0.15, -0.1) is 0 Å². The Morgan fingerprint density at radius 3 is 3.04 bits per heavy atom. The molecule has 2 amide bonds. The lowest BCUT2D eigenvalue weighted by molar-refractivity contribution is -0.128. The molecule has 1 saturated heterocycles. The van der Waals surface area contributed by atoms with Crippen LogP contribution in [-0.4, -0.2) is 29.4 Å². The smallest absolute Gasteiger partial charge is 0.242 e. The van der Waals surface area contributed by atoms with Crippen molar-refractivity contribution in [2.24, 2.45) is 0 Å². The Bertz CT molecular complexity index is 754. The third-order valence-electron chi connectivity index (χ3n) is 4.31. The van der Waals surface area contributed by atoms with Gasteiger partial charge < -0.3 is 15.6 Å². The van der Waals surface area contributed by atoms with Gasteiger partial charge >= 0.3 is 0 Å². The Labute approximate surface area is 133 Å². The van der Waals surface area contributed by atoms with E-state index in [9.17, 15) is 14.0 Å². The molecule has 0 aliphatic carbocycles. The van der Waals surface area contributed by atoms with Gasteiger partial charge in [-0.05, 0) is 37.8 Å². The van der Waals surface area contributed by atoms with E-state index >= 15 is 0 Å². The van der Waals surface area contributed by atoms with E-state index in [1.165, 1.54) is 6.07 Å². The maximum atomic E-state index is 13.8. The van der Waals surface area contributed by atoms with Crippen LogP contribution in [0, 0.1) is 12.7 Å². The normalized spacial score (nSPS) is 18.5. The van der Waals surface area contributed by atoms with Crippen LogP contribution in [0.3, 0.4) is 0 Å². The van der Waals surface area contributed by atoms with Crippen LogP contribution < -0.4 is 10.6 Å². The molecular weight excluding hydrogens is 297 g/mol. The fraction of sp³-hybridized carbons (Fsp3) is 0.412.